The molecule has 4 fully saturated rings. The van der Waals surface area contributed by atoms with Gasteiger partial charge in [-0.1, -0.05) is 37.0 Å². The second kappa shape index (κ2) is 5.47. The fraction of sp³-hybridized carbons (Fsp3) is 0.833. The molecule has 8 atom stereocenters. The van der Waals surface area contributed by atoms with Gasteiger partial charge in [-0.05, 0) is 98.9 Å². The third kappa shape index (κ3) is 1.84. The summed E-state index contributed by atoms with van der Waals surface area (Å²) in [6.07, 6.45) is 22.5. The first-order valence-corrected chi connectivity index (χ1v) is 11.5. The van der Waals surface area contributed by atoms with E-state index in [-0.39, 0.29) is 0 Å². The van der Waals surface area contributed by atoms with Crippen LogP contribution in [0.2, 0.25) is 0 Å². The second-order valence-electron chi connectivity index (χ2n) is 10.4. The minimum absolute atomic E-state index is 0.478. The SMILES string of the molecule is NC1CCC2C3=C(CCC=C3)C3(C2C1)C1CCCCC1C1CCCC13. The molecule has 0 aliphatic heterocycles. The van der Waals surface area contributed by atoms with Gasteiger partial charge in [0.05, 0.1) is 0 Å². The Bertz CT molecular complexity index is 630. The molecule has 6 rings (SSSR count). The summed E-state index contributed by atoms with van der Waals surface area (Å²) in [5, 5.41) is 0. The first-order valence-electron chi connectivity index (χ1n) is 11.5. The van der Waals surface area contributed by atoms with Gasteiger partial charge in [-0.15, -0.1) is 0 Å². The van der Waals surface area contributed by atoms with Crippen LogP contribution < -0.4 is 5.73 Å². The summed E-state index contributed by atoms with van der Waals surface area (Å²) >= 11 is 0. The Kier molecular flexibility index (Phi) is 3.39. The van der Waals surface area contributed by atoms with Crippen molar-refractivity contribution in [1.82, 2.24) is 0 Å². The van der Waals surface area contributed by atoms with Gasteiger partial charge in [0.1, 0.15) is 0 Å². The summed E-state index contributed by atoms with van der Waals surface area (Å²) in [4.78, 5) is 0. The van der Waals surface area contributed by atoms with Crippen LogP contribution in [-0.2, 0) is 0 Å². The van der Waals surface area contributed by atoms with Gasteiger partial charge in [0.15, 0.2) is 0 Å². The maximum absolute atomic E-state index is 6.60. The molecule has 8 unspecified atom stereocenters. The number of fused-ring (bicyclic) bond motifs is 9. The van der Waals surface area contributed by atoms with Crippen molar-refractivity contribution in [1.29, 1.82) is 0 Å². The van der Waals surface area contributed by atoms with E-state index >= 15 is 0 Å². The topological polar surface area (TPSA) is 26.0 Å². The molecule has 2 N–H and O–H groups in total. The van der Waals surface area contributed by atoms with Gasteiger partial charge in [-0.25, -0.2) is 0 Å². The van der Waals surface area contributed by atoms with E-state index < -0.39 is 0 Å². The van der Waals surface area contributed by atoms with Gasteiger partial charge in [0.2, 0.25) is 0 Å². The monoisotopic (exact) mass is 337 g/mol. The molecule has 0 bridgehead atoms. The highest BCUT2D eigenvalue weighted by Gasteiger charge is 2.68. The molecule has 136 valence electrons. The molecule has 0 aromatic carbocycles. The molecule has 6 aliphatic rings. The molecule has 0 aromatic heterocycles. The van der Waals surface area contributed by atoms with Crippen molar-refractivity contribution in [2.24, 2.45) is 46.7 Å². The zero-order valence-electron chi connectivity index (χ0n) is 15.8. The number of nitrogens with two attached hydrogens (primary N) is 1. The van der Waals surface area contributed by atoms with E-state index in [4.69, 9.17) is 5.73 Å². The van der Waals surface area contributed by atoms with E-state index in [0.29, 0.717) is 11.5 Å². The summed E-state index contributed by atoms with van der Waals surface area (Å²) in [5.41, 5.74) is 11.0. The molecule has 1 heteroatoms. The smallest absolute Gasteiger partial charge is 0.00422 e. The van der Waals surface area contributed by atoms with Crippen molar-refractivity contribution in [3.63, 3.8) is 0 Å². The largest absolute Gasteiger partial charge is 0.328 e. The molecule has 1 nitrogen and oxygen atoms in total. The van der Waals surface area contributed by atoms with Crippen molar-refractivity contribution in [2.75, 3.05) is 0 Å². The second-order valence-corrected chi connectivity index (χ2v) is 10.4. The first-order chi connectivity index (χ1) is 12.3. The molecule has 6 aliphatic carbocycles. The van der Waals surface area contributed by atoms with E-state index in [9.17, 15) is 0 Å². The third-order valence-electron chi connectivity index (χ3n) is 9.80. The van der Waals surface area contributed by atoms with Crippen LogP contribution in [-0.4, -0.2) is 6.04 Å². The van der Waals surface area contributed by atoms with E-state index in [1.807, 2.05) is 11.1 Å². The maximum atomic E-state index is 6.60. The first kappa shape index (κ1) is 15.5. The van der Waals surface area contributed by atoms with Gasteiger partial charge in [0.25, 0.3) is 0 Å². The molecule has 0 heterocycles. The standard InChI is InChI=1S/C24H35N/c25-15-12-13-19-17-7-2-4-10-21(17)24(23(19)14-15)20-9-3-1-6-16(20)18-8-5-11-22(18)24/h2,7,15-16,18-20,22-23H,1,3-6,8-14,25H2. The summed E-state index contributed by atoms with van der Waals surface area (Å²) in [6, 6.07) is 0.478. The van der Waals surface area contributed by atoms with Crippen molar-refractivity contribution < 1.29 is 0 Å². The Balaban J connectivity index is 1.55. The fourth-order valence-electron chi connectivity index (χ4n) is 9.46. The predicted molar refractivity (Wildman–Crippen MR) is 103 cm³/mol. The third-order valence-corrected chi connectivity index (χ3v) is 9.80. The lowest BCUT2D eigenvalue weighted by Gasteiger charge is -2.50. The van der Waals surface area contributed by atoms with Gasteiger partial charge < -0.3 is 5.73 Å². The van der Waals surface area contributed by atoms with Crippen molar-refractivity contribution >= 4 is 0 Å². The summed E-state index contributed by atoms with van der Waals surface area (Å²) in [5.74, 6) is 5.96. The van der Waals surface area contributed by atoms with Crippen molar-refractivity contribution in [3.05, 3.63) is 23.3 Å². The lowest BCUT2D eigenvalue weighted by molar-refractivity contribution is 0.0272. The summed E-state index contributed by atoms with van der Waals surface area (Å²) in [7, 11) is 0. The van der Waals surface area contributed by atoms with Crippen molar-refractivity contribution in [2.45, 2.75) is 83.1 Å². The minimum atomic E-state index is 0.478. The molecule has 0 radical (unpaired) electrons. The van der Waals surface area contributed by atoms with Crippen LogP contribution in [0.5, 0.6) is 0 Å². The summed E-state index contributed by atoms with van der Waals surface area (Å²) < 4.78 is 0. The molecular formula is C24H35N. The molecule has 1 spiro atoms. The minimum Gasteiger partial charge on any atom is -0.328 e. The highest BCUT2D eigenvalue weighted by Crippen LogP contribution is 2.75. The average molecular weight is 338 g/mol. The molecular weight excluding hydrogens is 302 g/mol. The van der Waals surface area contributed by atoms with Crippen LogP contribution in [0.15, 0.2) is 23.3 Å². The van der Waals surface area contributed by atoms with Crippen LogP contribution in [0.25, 0.3) is 0 Å². The summed E-state index contributed by atoms with van der Waals surface area (Å²) in [6.45, 7) is 0. The molecule has 0 saturated heterocycles. The maximum Gasteiger partial charge on any atom is 0.00422 e. The molecule has 25 heavy (non-hydrogen) atoms. The van der Waals surface area contributed by atoms with E-state index in [1.165, 1.54) is 64.2 Å². The highest BCUT2D eigenvalue weighted by molar-refractivity contribution is 5.46. The Labute approximate surface area is 153 Å². The molecule has 0 amide bonds. The average Bonchev–Trinajstić information content (AvgIpc) is 3.29. The zero-order valence-corrected chi connectivity index (χ0v) is 15.8. The number of allylic oxidation sites excluding steroid dienone is 4. The Morgan fingerprint density at radius 3 is 2.48 bits per heavy atom. The molecule has 0 aromatic rings. The van der Waals surface area contributed by atoms with Crippen molar-refractivity contribution in [3.8, 4) is 0 Å². The predicted octanol–water partition coefficient (Wildman–Crippen LogP) is 5.61. The van der Waals surface area contributed by atoms with Gasteiger partial charge in [-0.3, -0.25) is 0 Å². The van der Waals surface area contributed by atoms with Gasteiger partial charge >= 0.3 is 0 Å². The van der Waals surface area contributed by atoms with Crippen LogP contribution in [0, 0.1) is 40.9 Å². The Morgan fingerprint density at radius 1 is 0.840 bits per heavy atom. The Hall–Kier alpha value is -0.560. The number of hydrogen-bond acceptors (Lipinski definition) is 1. The lowest BCUT2D eigenvalue weighted by atomic mass is 9.54. The number of hydrogen-bond donors (Lipinski definition) is 1. The van der Waals surface area contributed by atoms with Crippen LogP contribution in [0.4, 0.5) is 0 Å². The van der Waals surface area contributed by atoms with E-state index in [1.54, 1.807) is 12.8 Å². The lowest BCUT2D eigenvalue weighted by Crippen LogP contribution is -2.46. The van der Waals surface area contributed by atoms with Crippen LogP contribution in [0.3, 0.4) is 0 Å². The van der Waals surface area contributed by atoms with Gasteiger partial charge in [0, 0.05) is 11.5 Å². The molecule has 4 saturated carbocycles. The quantitative estimate of drug-likeness (QED) is 0.610. The highest BCUT2D eigenvalue weighted by atomic mass is 14.8. The van der Waals surface area contributed by atoms with Crippen LogP contribution in [0.1, 0.15) is 77.0 Å². The normalized spacial score (nSPS) is 53.7. The van der Waals surface area contributed by atoms with Gasteiger partial charge in [-0.2, -0.15) is 0 Å². The number of rotatable bonds is 0. The van der Waals surface area contributed by atoms with Crippen LogP contribution >= 0.6 is 0 Å². The fourth-order valence-corrected chi connectivity index (χ4v) is 9.46. The van der Waals surface area contributed by atoms with E-state index in [2.05, 4.69) is 12.2 Å². The Morgan fingerprint density at radius 2 is 1.60 bits per heavy atom. The zero-order chi connectivity index (χ0) is 16.6. The van der Waals surface area contributed by atoms with E-state index in [0.717, 1.165) is 35.5 Å².